The summed E-state index contributed by atoms with van der Waals surface area (Å²) >= 11 is 0. The van der Waals surface area contributed by atoms with Crippen molar-refractivity contribution in [1.82, 2.24) is 0 Å². The predicted octanol–water partition coefficient (Wildman–Crippen LogP) is 9.53. The zero-order valence-corrected chi connectivity index (χ0v) is 32.4. The van der Waals surface area contributed by atoms with Crippen LogP contribution in [-0.2, 0) is 19.1 Å². The van der Waals surface area contributed by atoms with Gasteiger partial charge in [-0.15, -0.1) is 0 Å². The molecule has 0 aliphatic heterocycles. The number of allylic oxidation sites excluding steroid dienone is 6. The fraction of sp³-hybridized carbons (Fsp3) is 0.767. The van der Waals surface area contributed by atoms with Crippen LogP contribution in [0, 0.1) is 0 Å². The zero-order valence-electron chi connectivity index (χ0n) is 32.4. The van der Waals surface area contributed by atoms with Crippen molar-refractivity contribution < 1.29 is 39.5 Å². The van der Waals surface area contributed by atoms with E-state index >= 15 is 0 Å². The molecule has 0 amide bonds. The minimum Gasteiger partial charge on any atom is -0.463 e. The molecule has 0 aliphatic rings. The molecule has 0 saturated heterocycles. The summed E-state index contributed by atoms with van der Waals surface area (Å²) in [6, 6.07) is 0. The minimum atomic E-state index is -1.09. The molecule has 0 bridgehead atoms. The van der Waals surface area contributed by atoms with E-state index in [4.69, 9.17) is 9.47 Å². The number of aliphatic hydroxyl groups is 4. The predicted molar refractivity (Wildman–Crippen MR) is 209 cm³/mol. The van der Waals surface area contributed by atoms with Crippen LogP contribution in [-0.4, -0.2) is 70.0 Å². The second-order valence-corrected chi connectivity index (χ2v) is 14.0. The molecule has 4 atom stereocenters. The van der Waals surface area contributed by atoms with Crippen molar-refractivity contribution in [2.45, 2.75) is 199 Å². The van der Waals surface area contributed by atoms with Crippen LogP contribution in [0.4, 0.5) is 0 Å². The van der Waals surface area contributed by atoms with Crippen LogP contribution >= 0.6 is 0 Å². The Morgan fingerprint density at radius 3 is 1.35 bits per heavy atom. The highest BCUT2D eigenvalue weighted by Crippen LogP contribution is 2.15. The SMILES string of the molecule is CCCCCCCCCCCCCCCCCCCC(=O)OC[C@@H](O)COC(=O)CCC[C@@H](O)[C@H](O)/C=C/C=C/C=C\C=C\[C@H](O)CCCCC. The summed E-state index contributed by atoms with van der Waals surface area (Å²) < 4.78 is 10.2. The number of aliphatic hydroxyl groups excluding tert-OH is 4. The molecule has 4 N–H and O–H groups in total. The molecule has 0 saturated carbocycles. The molecule has 0 aromatic carbocycles. The highest BCUT2D eigenvalue weighted by Gasteiger charge is 2.15. The average Bonchev–Trinajstić information content (AvgIpc) is 3.12. The van der Waals surface area contributed by atoms with Gasteiger partial charge in [-0.2, -0.15) is 0 Å². The standard InChI is InChI=1S/C43H76O8/c1-3-5-7-8-9-10-11-12-13-14-15-16-17-18-19-24-28-34-42(48)50-36-39(45)37-51-43(49)35-29-33-41(47)40(46)32-27-23-21-20-22-26-31-38(44)30-25-6-4-2/h20-23,26-27,31-32,38-41,44-47H,3-19,24-25,28-30,33-37H2,1-2H3/b22-20-,23-21+,31-26+,32-27+/t38-,39-,40-,41-/m1/s1. The van der Waals surface area contributed by atoms with Crippen LogP contribution in [0.25, 0.3) is 0 Å². The lowest BCUT2D eigenvalue weighted by Crippen LogP contribution is -2.26. The molecule has 8 nitrogen and oxygen atoms in total. The summed E-state index contributed by atoms with van der Waals surface area (Å²) in [6.45, 7) is 3.91. The van der Waals surface area contributed by atoms with Crippen LogP contribution in [0.15, 0.2) is 48.6 Å². The van der Waals surface area contributed by atoms with Gasteiger partial charge < -0.3 is 29.9 Å². The van der Waals surface area contributed by atoms with Crippen molar-refractivity contribution in [3.8, 4) is 0 Å². The first-order valence-corrected chi connectivity index (χ1v) is 20.5. The molecular formula is C43H76O8. The van der Waals surface area contributed by atoms with Crippen molar-refractivity contribution in [2.24, 2.45) is 0 Å². The first kappa shape index (κ1) is 48.7. The largest absolute Gasteiger partial charge is 0.463 e. The summed E-state index contributed by atoms with van der Waals surface area (Å²) in [5, 5.41) is 40.1. The highest BCUT2D eigenvalue weighted by atomic mass is 16.6. The van der Waals surface area contributed by atoms with Gasteiger partial charge in [0, 0.05) is 12.8 Å². The van der Waals surface area contributed by atoms with E-state index in [0.29, 0.717) is 12.8 Å². The highest BCUT2D eigenvalue weighted by molar-refractivity contribution is 5.69. The van der Waals surface area contributed by atoms with Crippen LogP contribution in [0.3, 0.4) is 0 Å². The summed E-state index contributed by atoms with van der Waals surface area (Å²) in [7, 11) is 0. The van der Waals surface area contributed by atoms with Crippen molar-refractivity contribution in [2.75, 3.05) is 13.2 Å². The number of hydrogen-bond acceptors (Lipinski definition) is 8. The molecule has 296 valence electrons. The van der Waals surface area contributed by atoms with Crippen LogP contribution < -0.4 is 0 Å². The third-order valence-electron chi connectivity index (χ3n) is 8.93. The van der Waals surface area contributed by atoms with E-state index < -0.39 is 30.4 Å². The minimum absolute atomic E-state index is 0.0326. The monoisotopic (exact) mass is 721 g/mol. The maximum absolute atomic E-state index is 12.0. The Labute approximate surface area is 311 Å². The van der Waals surface area contributed by atoms with Gasteiger partial charge in [0.25, 0.3) is 0 Å². The molecule has 0 unspecified atom stereocenters. The van der Waals surface area contributed by atoms with E-state index in [1.807, 2.05) is 6.08 Å². The van der Waals surface area contributed by atoms with Gasteiger partial charge in [0.05, 0.1) is 18.3 Å². The molecule has 0 rings (SSSR count). The Morgan fingerprint density at radius 2 is 0.863 bits per heavy atom. The van der Waals surface area contributed by atoms with Gasteiger partial charge in [-0.1, -0.05) is 184 Å². The first-order valence-electron chi connectivity index (χ1n) is 20.5. The molecule has 0 aromatic rings. The van der Waals surface area contributed by atoms with E-state index in [2.05, 4.69) is 13.8 Å². The van der Waals surface area contributed by atoms with Crippen molar-refractivity contribution >= 4 is 11.9 Å². The molecule has 0 spiro atoms. The van der Waals surface area contributed by atoms with Gasteiger partial charge in [-0.25, -0.2) is 0 Å². The van der Waals surface area contributed by atoms with Gasteiger partial charge in [-0.3, -0.25) is 9.59 Å². The molecule has 8 heteroatoms. The Kier molecular flexibility index (Phi) is 35.8. The number of unbranched alkanes of at least 4 members (excludes halogenated alkanes) is 18. The van der Waals surface area contributed by atoms with E-state index in [1.165, 1.54) is 96.0 Å². The molecule has 0 radical (unpaired) electrons. The summed E-state index contributed by atoms with van der Waals surface area (Å²) in [5.74, 6) is -0.880. The Bertz CT molecular complexity index is 912. The van der Waals surface area contributed by atoms with Crippen LogP contribution in [0.2, 0.25) is 0 Å². The number of carbonyl (C=O) groups is 2. The lowest BCUT2D eigenvalue weighted by Gasteiger charge is -2.14. The average molecular weight is 721 g/mol. The van der Waals surface area contributed by atoms with E-state index in [9.17, 15) is 30.0 Å². The van der Waals surface area contributed by atoms with Gasteiger partial charge in [-0.05, 0) is 25.7 Å². The Hall–Kier alpha value is -2.26. The van der Waals surface area contributed by atoms with E-state index in [0.717, 1.165) is 44.9 Å². The fourth-order valence-electron chi connectivity index (χ4n) is 5.65. The fourth-order valence-corrected chi connectivity index (χ4v) is 5.65. The quantitative estimate of drug-likeness (QED) is 0.0286. The topological polar surface area (TPSA) is 134 Å². The number of esters is 2. The maximum atomic E-state index is 12.0. The second-order valence-electron chi connectivity index (χ2n) is 14.0. The van der Waals surface area contributed by atoms with Crippen molar-refractivity contribution in [1.29, 1.82) is 0 Å². The van der Waals surface area contributed by atoms with E-state index in [-0.39, 0.29) is 32.0 Å². The summed E-state index contributed by atoms with van der Waals surface area (Å²) in [6.07, 6.45) is 36.8. The number of ether oxygens (including phenoxy) is 2. The Balaban J connectivity index is 3.74. The van der Waals surface area contributed by atoms with Gasteiger partial charge in [0.15, 0.2) is 0 Å². The second kappa shape index (κ2) is 37.5. The molecular weight excluding hydrogens is 644 g/mol. The third kappa shape index (κ3) is 35.9. The Morgan fingerprint density at radius 1 is 0.471 bits per heavy atom. The van der Waals surface area contributed by atoms with Gasteiger partial charge in [0.1, 0.15) is 19.3 Å². The van der Waals surface area contributed by atoms with Crippen molar-refractivity contribution in [3.63, 3.8) is 0 Å². The van der Waals surface area contributed by atoms with Gasteiger partial charge >= 0.3 is 11.9 Å². The zero-order chi connectivity index (χ0) is 37.6. The van der Waals surface area contributed by atoms with E-state index in [1.54, 1.807) is 36.5 Å². The molecule has 51 heavy (non-hydrogen) atoms. The lowest BCUT2D eigenvalue weighted by molar-refractivity contribution is -0.152. The molecule has 0 aliphatic carbocycles. The lowest BCUT2D eigenvalue weighted by atomic mass is 10.0. The third-order valence-corrected chi connectivity index (χ3v) is 8.93. The molecule has 0 heterocycles. The summed E-state index contributed by atoms with van der Waals surface area (Å²) in [4.78, 5) is 24.0. The molecule has 0 aromatic heterocycles. The first-order chi connectivity index (χ1) is 24.8. The molecule has 0 fully saturated rings. The smallest absolute Gasteiger partial charge is 0.305 e. The number of rotatable bonds is 36. The number of hydrogen-bond donors (Lipinski definition) is 4. The van der Waals surface area contributed by atoms with Gasteiger partial charge in [0.2, 0.25) is 0 Å². The van der Waals surface area contributed by atoms with Crippen molar-refractivity contribution in [3.05, 3.63) is 48.6 Å². The normalized spacial score (nSPS) is 14.5. The number of carbonyl (C=O) groups excluding carboxylic acids is 2. The maximum Gasteiger partial charge on any atom is 0.305 e. The van der Waals surface area contributed by atoms with Crippen LogP contribution in [0.1, 0.15) is 174 Å². The summed E-state index contributed by atoms with van der Waals surface area (Å²) in [5.41, 5.74) is 0. The van der Waals surface area contributed by atoms with Crippen LogP contribution in [0.5, 0.6) is 0 Å².